The van der Waals surface area contributed by atoms with E-state index in [1.54, 1.807) is 13.1 Å². The number of anilines is 1. The first-order chi connectivity index (χ1) is 16.9. The van der Waals surface area contributed by atoms with Crippen LogP contribution in [0, 0.1) is 5.82 Å². The summed E-state index contributed by atoms with van der Waals surface area (Å²) in [5, 5.41) is 5.95. The number of likely N-dealkylation sites (tertiary alicyclic amines) is 1. The monoisotopic (exact) mass is 583 g/mol. The molecular weight excluding hydrogens is 556 g/mol. The molecule has 2 aromatic heterocycles. The fourth-order valence-corrected chi connectivity index (χ4v) is 5.47. The van der Waals surface area contributed by atoms with Crippen LogP contribution in [0.3, 0.4) is 0 Å². The van der Waals surface area contributed by atoms with Crippen LogP contribution in [0.1, 0.15) is 50.3 Å². The lowest BCUT2D eigenvalue weighted by molar-refractivity contribution is 0.178. The Morgan fingerprint density at radius 1 is 1.20 bits per heavy atom. The highest BCUT2D eigenvalue weighted by Crippen LogP contribution is 2.37. The number of piperidine rings is 1. The number of nitrogens with two attached hydrogens (primary N) is 1. The highest BCUT2D eigenvalue weighted by molar-refractivity contribution is 9.09. The van der Waals surface area contributed by atoms with Crippen molar-refractivity contribution in [1.82, 2.24) is 19.7 Å². The van der Waals surface area contributed by atoms with Crippen LogP contribution in [-0.4, -0.2) is 44.6 Å². The van der Waals surface area contributed by atoms with E-state index in [-0.39, 0.29) is 10.8 Å². The number of nitrogen functional groups attached to an aromatic ring is 1. The van der Waals surface area contributed by atoms with Gasteiger partial charge in [0.05, 0.1) is 17.3 Å². The van der Waals surface area contributed by atoms with Crippen molar-refractivity contribution >= 4 is 44.9 Å². The van der Waals surface area contributed by atoms with Gasteiger partial charge in [0.25, 0.3) is 0 Å². The zero-order valence-electron chi connectivity index (χ0n) is 19.6. The zero-order chi connectivity index (χ0) is 24.9. The molecule has 0 bridgehead atoms. The van der Waals surface area contributed by atoms with Gasteiger partial charge in [-0.3, -0.25) is 4.68 Å². The molecule has 1 aromatic carbocycles. The van der Waals surface area contributed by atoms with Gasteiger partial charge in [0.2, 0.25) is 0 Å². The number of alkyl halides is 1. The van der Waals surface area contributed by atoms with Crippen molar-refractivity contribution in [2.45, 2.75) is 44.8 Å². The van der Waals surface area contributed by atoms with Crippen LogP contribution in [-0.2, 0) is 0 Å². The van der Waals surface area contributed by atoms with Gasteiger partial charge in [0, 0.05) is 52.5 Å². The number of hydrogen-bond acceptors (Lipinski definition) is 5. The number of ether oxygens (including phenoxy) is 1. The summed E-state index contributed by atoms with van der Waals surface area (Å²) >= 11 is 15.9. The second-order valence-corrected chi connectivity index (χ2v) is 10.4. The Bertz CT molecular complexity index is 1150. The average molecular weight is 585 g/mol. The molecule has 3 aromatic rings. The minimum absolute atomic E-state index is 0.0665. The summed E-state index contributed by atoms with van der Waals surface area (Å²) in [5.41, 5.74) is 8.20. The lowest BCUT2D eigenvalue weighted by atomic mass is 10.0. The first-order valence-electron chi connectivity index (χ1n) is 11.8. The maximum atomic E-state index is 14.0. The summed E-state index contributed by atoms with van der Waals surface area (Å²) in [6.45, 7) is 5.08. The number of pyridine rings is 1. The van der Waals surface area contributed by atoms with Crippen molar-refractivity contribution in [3.63, 3.8) is 0 Å². The van der Waals surface area contributed by atoms with Crippen molar-refractivity contribution in [1.29, 1.82) is 0 Å². The maximum absolute atomic E-state index is 14.0. The summed E-state index contributed by atoms with van der Waals surface area (Å²) in [5.74, 6) is 0.0402. The molecule has 4 rings (SSSR count). The lowest BCUT2D eigenvalue weighted by Gasteiger charge is -2.32. The fraction of sp³-hybridized carbons (Fsp3) is 0.440. The van der Waals surface area contributed by atoms with Crippen molar-refractivity contribution in [3.8, 4) is 16.9 Å². The van der Waals surface area contributed by atoms with Crippen LogP contribution in [0.15, 0.2) is 36.8 Å². The smallest absolute Gasteiger partial charge is 0.166 e. The molecule has 3 heterocycles. The summed E-state index contributed by atoms with van der Waals surface area (Å²) in [6, 6.07) is 4.88. The topological polar surface area (TPSA) is 69.2 Å². The van der Waals surface area contributed by atoms with Gasteiger partial charge in [-0.25, -0.2) is 9.37 Å². The van der Waals surface area contributed by atoms with E-state index in [0.29, 0.717) is 22.4 Å². The molecule has 0 amide bonds. The molecule has 2 N–H and O–H groups in total. The summed E-state index contributed by atoms with van der Waals surface area (Å²) < 4.78 is 22.1. The van der Waals surface area contributed by atoms with Gasteiger partial charge in [-0.2, -0.15) is 5.10 Å². The second-order valence-electron chi connectivity index (χ2n) is 8.80. The van der Waals surface area contributed by atoms with Gasteiger partial charge in [-0.1, -0.05) is 39.1 Å². The fourth-order valence-electron chi connectivity index (χ4n) is 4.40. The quantitative estimate of drug-likeness (QED) is 0.168. The van der Waals surface area contributed by atoms with Crippen LogP contribution in [0.4, 0.5) is 10.2 Å². The number of hydrogen-bond donors (Lipinski definition) is 1. The molecule has 6 nitrogen and oxygen atoms in total. The standard InChI is InChI=1S/C25H29BrCl2FN5O/c1-16(23-20(27)4-5-21(29)24(23)28)35-22-12-17(13-31-25(22)30)18-14-32-34(15-18)19-6-10-33(11-7-19)9-3-2-8-26/h4-5,12-16,19H,2-3,6-11H2,1H3,(H2,30,31)/t16-/m1/s1. The Kier molecular flexibility index (Phi) is 8.92. The Balaban J connectivity index is 1.45. The van der Waals surface area contributed by atoms with Gasteiger partial charge < -0.3 is 15.4 Å². The third-order valence-corrected chi connectivity index (χ3v) is 7.67. The van der Waals surface area contributed by atoms with E-state index >= 15 is 0 Å². The van der Waals surface area contributed by atoms with E-state index in [9.17, 15) is 4.39 Å². The van der Waals surface area contributed by atoms with Gasteiger partial charge >= 0.3 is 0 Å². The van der Waals surface area contributed by atoms with E-state index in [1.165, 1.54) is 25.0 Å². The highest BCUT2D eigenvalue weighted by Gasteiger charge is 2.22. The number of benzene rings is 1. The minimum atomic E-state index is -0.632. The van der Waals surface area contributed by atoms with Crippen molar-refractivity contribution in [3.05, 3.63) is 58.2 Å². The summed E-state index contributed by atoms with van der Waals surface area (Å²) in [4.78, 5) is 6.83. The molecule has 35 heavy (non-hydrogen) atoms. The molecule has 1 aliphatic heterocycles. The SMILES string of the molecule is C[C@@H](Oc1cc(-c2cnn(C3CCN(CCCCBr)CC3)c2)cnc1N)c1c(Cl)ccc(F)c1Cl. The molecule has 0 aliphatic carbocycles. The number of unbranched alkanes of at least 4 members (excludes halogenated alkanes) is 1. The minimum Gasteiger partial charge on any atom is -0.482 e. The van der Waals surface area contributed by atoms with Gasteiger partial charge in [-0.15, -0.1) is 0 Å². The molecule has 10 heteroatoms. The normalized spacial score (nSPS) is 15.9. The third-order valence-electron chi connectivity index (χ3n) is 6.40. The molecule has 0 unspecified atom stereocenters. The largest absolute Gasteiger partial charge is 0.482 e. The van der Waals surface area contributed by atoms with E-state index in [2.05, 4.69) is 35.6 Å². The predicted octanol–water partition coefficient (Wildman–Crippen LogP) is 6.93. The number of rotatable bonds is 9. The summed E-state index contributed by atoms with van der Waals surface area (Å²) in [7, 11) is 0. The Labute approximate surface area is 223 Å². The first kappa shape index (κ1) is 26.2. The number of halogens is 4. The van der Waals surface area contributed by atoms with Crippen LogP contribution >= 0.6 is 39.1 Å². The molecular formula is C25H29BrCl2FN5O. The van der Waals surface area contributed by atoms with Crippen molar-refractivity contribution in [2.75, 3.05) is 30.7 Å². The zero-order valence-corrected chi connectivity index (χ0v) is 22.7. The number of nitrogens with zero attached hydrogens (tertiary/aromatic N) is 4. The van der Waals surface area contributed by atoms with Crippen molar-refractivity contribution < 1.29 is 9.13 Å². The molecule has 1 atom stereocenters. The Morgan fingerprint density at radius 2 is 1.97 bits per heavy atom. The van der Waals surface area contributed by atoms with Crippen molar-refractivity contribution in [2.24, 2.45) is 0 Å². The van der Waals surface area contributed by atoms with E-state index in [4.69, 9.17) is 33.7 Å². The van der Waals surface area contributed by atoms with Gasteiger partial charge in [0.1, 0.15) is 11.9 Å². The van der Waals surface area contributed by atoms with Crippen LogP contribution in [0.2, 0.25) is 10.0 Å². The van der Waals surface area contributed by atoms with Gasteiger partial charge in [0.15, 0.2) is 11.6 Å². The molecule has 1 saturated heterocycles. The lowest BCUT2D eigenvalue weighted by Crippen LogP contribution is -2.35. The average Bonchev–Trinajstić information content (AvgIpc) is 3.34. The molecule has 0 spiro atoms. The highest BCUT2D eigenvalue weighted by atomic mass is 79.9. The molecule has 0 radical (unpaired) electrons. The molecule has 188 valence electrons. The maximum Gasteiger partial charge on any atom is 0.166 e. The summed E-state index contributed by atoms with van der Waals surface area (Å²) in [6.07, 6.45) is 9.55. The van der Waals surface area contributed by atoms with Crippen LogP contribution in [0.25, 0.3) is 11.1 Å². The first-order valence-corrected chi connectivity index (χ1v) is 13.6. The van der Waals surface area contributed by atoms with E-state index in [1.807, 2.05) is 18.5 Å². The van der Waals surface area contributed by atoms with Gasteiger partial charge in [-0.05, 0) is 57.4 Å². The predicted molar refractivity (Wildman–Crippen MR) is 143 cm³/mol. The third kappa shape index (κ3) is 6.28. The van der Waals surface area contributed by atoms with Crippen LogP contribution < -0.4 is 10.5 Å². The molecule has 0 saturated carbocycles. The molecule has 1 fully saturated rings. The Hall–Kier alpha value is -1.87. The Morgan fingerprint density at radius 3 is 2.71 bits per heavy atom. The molecule has 1 aliphatic rings. The number of aromatic nitrogens is 3. The second kappa shape index (κ2) is 11.9. The van der Waals surface area contributed by atoms with E-state index < -0.39 is 11.9 Å². The van der Waals surface area contributed by atoms with E-state index in [0.717, 1.165) is 48.9 Å². The van der Waals surface area contributed by atoms with Crippen LogP contribution in [0.5, 0.6) is 5.75 Å².